The molecule has 0 spiro atoms. The molecule has 1 fully saturated rings. The number of ether oxygens (including phenoxy) is 2. The van der Waals surface area contributed by atoms with Crippen LogP contribution in [0.1, 0.15) is 16.9 Å². The van der Waals surface area contributed by atoms with Crippen molar-refractivity contribution in [1.29, 1.82) is 0 Å². The van der Waals surface area contributed by atoms with E-state index in [1.165, 1.54) is 11.3 Å². The van der Waals surface area contributed by atoms with Crippen LogP contribution in [-0.4, -0.2) is 41.5 Å². The van der Waals surface area contributed by atoms with Crippen molar-refractivity contribution < 1.29 is 14.0 Å². The Morgan fingerprint density at radius 3 is 3.11 bits per heavy atom. The summed E-state index contributed by atoms with van der Waals surface area (Å²) < 4.78 is 16.0. The van der Waals surface area contributed by atoms with Crippen LogP contribution in [0.2, 0.25) is 0 Å². The second-order valence-corrected chi connectivity index (χ2v) is 5.00. The van der Waals surface area contributed by atoms with Crippen LogP contribution in [0.25, 0.3) is 11.6 Å². The van der Waals surface area contributed by atoms with Crippen molar-refractivity contribution in [3.05, 3.63) is 16.2 Å². The Balaban J connectivity index is 1.75. The summed E-state index contributed by atoms with van der Waals surface area (Å²) in [4.78, 5) is 8.71. The molecule has 1 saturated heterocycles. The van der Waals surface area contributed by atoms with Crippen LogP contribution in [0.5, 0.6) is 0 Å². The molecule has 1 unspecified atom stereocenters. The Hall–Kier alpha value is -1.35. The van der Waals surface area contributed by atoms with Gasteiger partial charge in [0, 0.05) is 11.8 Å². The maximum Gasteiger partial charge on any atom is 0.277 e. The summed E-state index contributed by atoms with van der Waals surface area (Å²) in [5, 5.41) is 6.78. The Labute approximate surface area is 113 Å². The molecule has 0 amide bonds. The molecule has 2 aromatic heterocycles. The van der Waals surface area contributed by atoms with Crippen LogP contribution >= 0.6 is 11.3 Å². The van der Waals surface area contributed by atoms with Crippen molar-refractivity contribution in [1.82, 2.24) is 15.1 Å². The first kappa shape index (κ1) is 12.7. The van der Waals surface area contributed by atoms with E-state index >= 15 is 0 Å². The summed E-state index contributed by atoms with van der Waals surface area (Å²) in [5.74, 6) is 0.909. The quantitative estimate of drug-likeness (QED) is 0.885. The first-order valence-corrected chi connectivity index (χ1v) is 6.92. The van der Waals surface area contributed by atoms with Crippen LogP contribution < -0.4 is 5.73 Å². The lowest BCUT2D eigenvalue weighted by molar-refractivity contribution is -0.0941. The molecule has 2 aromatic rings. The van der Waals surface area contributed by atoms with E-state index in [0.29, 0.717) is 43.8 Å². The molecule has 0 radical (unpaired) electrons. The van der Waals surface area contributed by atoms with Gasteiger partial charge in [-0.25, -0.2) is 4.98 Å². The zero-order valence-corrected chi connectivity index (χ0v) is 11.1. The summed E-state index contributed by atoms with van der Waals surface area (Å²) in [5.41, 5.74) is 6.18. The molecule has 0 aliphatic carbocycles. The lowest BCUT2D eigenvalue weighted by Crippen LogP contribution is -2.22. The molecular weight excluding hydrogens is 268 g/mol. The molecule has 8 heteroatoms. The van der Waals surface area contributed by atoms with Crippen molar-refractivity contribution in [3.63, 3.8) is 0 Å². The molecular formula is C11H14N4O3S. The molecule has 3 rings (SSSR count). The molecule has 0 saturated carbocycles. The van der Waals surface area contributed by atoms with Gasteiger partial charge in [0.05, 0.1) is 24.8 Å². The van der Waals surface area contributed by atoms with Gasteiger partial charge in [-0.3, -0.25) is 0 Å². The minimum absolute atomic E-state index is 0.256. The van der Waals surface area contributed by atoms with Gasteiger partial charge >= 0.3 is 0 Å². The van der Waals surface area contributed by atoms with Crippen molar-refractivity contribution in [2.45, 2.75) is 12.5 Å². The number of thiazole rings is 1. The third kappa shape index (κ3) is 2.81. The lowest BCUT2D eigenvalue weighted by atomic mass is 10.3. The number of nitrogens with zero attached hydrogens (tertiary/aromatic N) is 3. The van der Waals surface area contributed by atoms with Crippen LogP contribution in [-0.2, 0) is 15.9 Å². The first-order valence-electron chi connectivity index (χ1n) is 6.04. The maximum atomic E-state index is 5.51. The average Bonchev–Trinajstić information content (AvgIpc) is 3.08. The van der Waals surface area contributed by atoms with Crippen molar-refractivity contribution in [2.75, 3.05) is 26.4 Å². The van der Waals surface area contributed by atoms with Crippen LogP contribution in [0, 0.1) is 0 Å². The molecule has 19 heavy (non-hydrogen) atoms. The number of hydrogen-bond acceptors (Lipinski definition) is 8. The Morgan fingerprint density at radius 1 is 1.37 bits per heavy atom. The largest absolute Gasteiger partial charge is 0.376 e. The van der Waals surface area contributed by atoms with E-state index < -0.39 is 0 Å². The lowest BCUT2D eigenvalue weighted by Gasteiger charge is -2.19. The van der Waals surface area contributed by atoms with E-state index in [1.54, 1.807) is 0 Å². The monoisotopic (exact) mass is 282 g/mol. The summed E-state index contributed by atoms with van der Waals surface area (Å²) in [7, 11) is 0. The second kappa shape index (κ2) is 5.74. The summed E-state index contributed by atoms with van der Waals surface area (Å²) in [6.07, 6.45) is 0.499. The molecule has 1 atom stereocenters. The summed E-state index contributed by atoms with van der Waals surface area (Å²) in [6.45, 7) is 2.19. The molecule has 2 N–H and O–H groups in total. The van der Waals surface area contributed by atoms with Gasteiger partial charge < -0.3 is 19.7 Å². The topological polar surface area (TPSA) is 96.3 Å². The van der Waals surface area contributed by atoms with Gasteiger partial charge in [-0.15, -0.1) is 11.3 Å². The maximum absolute atomic E-state index is 5.51. The third-order valence-corrected chi connectivity index (χ3v) is 3.58. The molecule has 0 aromatic carbocycles. The fraction of sp³-hybridized carbons (Fsp3) is 0.545. The van der Waals surface area contributed by atoms with Gasteiger partial charge in [-0.1, -0.05) is 5.16 Å². The van der Waals surface area contributed by atoms with Crippen LogP contribution in [0.15, 0.2) is 9.90 Å². The predicted octanol–water partition coefficient (Wildman–Crippen LogP) is 0.782. The molecule has 0 bridgehead atoms. The van der Waals surface area contributed by atoms with Crippen LogP contribution in [0.3, 0.4) is 0 Å². The number of hydrogen-bond donors (Lipinski definition) is 1. The van der Waals surface area contributed by atoms with E-state index in [0.717, 1.165) is 11.4 Å². The van der Waals surface area contributed by atoms with E-state index in [-0.39, 0.29) is 6.10 Å². The minimum atomic E-state index is -0.256. The Morgan fingerprint density at radius 2 is 2.32 bits per heavy atom. The van der Waals surface area contributed by atoms with Gasteiger partial charge in [0.1, 0.15) is 11.8 Å². The van der Waals surface area contributed by atoms with Gasteiger partial charge in [0.2, 0.25) is 5.82 Å². The first-order chi connectivity index (χ1) is 9.36. The molecule has 7 nitrogen and oxygen atoms in total. The van der Waals surface area contributed by atoms with E-state index in [9.17, 15) is 0 Å². The summed E-state index contributed by atoms with van der Waals surface area (Å²) >= 11 is 1.54. The zero-order valence-electron chi connectivity index (χ0n) is 10.2. The van der Waals surface area contributed by atoms with Crippen molar-refractivity contribution in [3.8, 4) is 11.6 Å². The van der Waals surface area contributed by atoms with Crippen molar-refractivity contribution >= 4 is 11.3 Å². The average molecular weight is 282 g/mol. The normalized spacial score (nSPS) is 19.7. The highest BCUT2D eigenvalue weighted by atomic mass is 32.1. The molecule has 1 aliphatic rings. The molecule has 3 heterocycles. The third-order valence-electron chi connectivity index (χ3n) is 2.67. The number of aromatic nitrogens is 3. The van der Waals surface area contributed by atoms with E-state index in [4.69, 9.17) is 19.7 Å². The number of nitrogens with two attached hydrogens (primary N) is 1. The SMILES string of the molecule is NCCc1nc(-c2nc(C3COCCO3)no2)cs1. The van der Waals surface area contributed by atoms with E-state index in [2.05, 4.69) is 15.1 Å². The molecule has 102 valence electrons. The standard InChI is InChI=1S/C11H14N4O3S/c12-2-1-9-13-7(6-19-9)11-14-10(15-18-11)8-5-16-3-4-17-8/h6,8H,1-5,12H2. The number of rotatable bonds is 4. The van der Waals surface area contributed by atoms with Gasteiger partial charge in [-0.05, 0) is 6.54 Å². The second-order valence-electron chi connectivity index (χ2n) is 4.06. The highest BCUT2D eigenvalue weighted by Gasteiger charge is 2.23. The Kier molecular flexibility index (Phi) is 3.83. The van der Waals surface area contributed by atoms with Crippen LogP contribution in [0.4, 0.5) is 0 Å². The van der Waals surface area contributed by atoms with E-state index in [1.807, 2.05) is 5.38 Å². The van der Waals surface area contributed by atoms with Gasteiger partial charge in [0.25, 0.3) is 5.89 Å². The summed E-state index contributed by atoms with van der Waals surface area (Å²) in [6, 6.07) is 0. The highest BCUT2D eigenvalue weighted by Crippen LogP contribution is 2.24. The fourth-order valence-electron chi connectivity index (χ4n) is 1.75. The van der Waals surface area contributed by atoms with Gasteiger partial charge in [-0.2, -0.15) is 4.98 Å². The zero-order chi connectivity index (χ0) is 13.1. The van der Waals surface area contributed by atoms with Crippen molar-refractivity contribution in [2.24, 2.45) is 5.73 Å². The molecule has 1 aliphatic heterocycles. The minimum Gasteiger partial charge on any atom is -0.376 e. The predicted molar refractivity (Wildman–Crippen MR) is 67.7 cm³/mol. The fourth-order valence-corrected chi connectivity index (χ4v) is 2.54. The van der Waals surface area contributed by atoms with Gasteiger partial charge in [0.15, 0.2) is 0 Å². The Bertz CT molecular complexity index is 536. The smallest absolute Gasteiger partial charge is 0.277 e. The highest BCUT2D eigenvalue weighted by molar-refractivity contribution is 7.09.